The van der Waals surface area contributed by atoms with Crippen molar-refractivity contribution in [1.29, 1.82) is 0 Å². The van der Waals surface area contributed by atoms with Gasteiger partial charge in [-0.3, -0.25) is 4.90 Å². The standard InChI is InChI=1S/C10H18N2O/c1-7-10(5,6)11-8(13)12(7)9(2,3)4/h1H2,2-6H3,(H,11,13). The average molecular weight is 182 g/mol. The van der Waals surface area contributed by atoms with Crippen molar-refractivity contribution in [3.05, 3.63) is 12.3 Å². The number of amides is 2. The van der Waals surface area contributed by atoms with Gasteiger partial charge in [0.1, 0.15) is 0 Å². The van der Waals surface area contributed by atoms with Crippen molar-refractivity contribution in [2.75, 3.05) is 0 Å². The van der Waals surface area contributed by atoms with Crippen molar-refractivity contribution in [1.82, 2.24) is 10.2 Å². The van der Waals surface area contributed by atoms with Crippen LogP contribution in [-0.4, -0.2) is 22.0 Å². The van der Waals surface area contributed by atoms with Crippen molar-refractivity contribution in [2.24, 2.45) is 0 Å². The predicted octanol–water partition coefficient (Wildman–Crippen LogP) is 2.10. The van der Waals surface area contributed by atoms with Crippen LogP contribution in [0.25, 0.3) is 0 Å². The fourth-order valence-corrected chi connectivity index (χ4v) is 1.51. The van der Waals surface area contributed by atoms with Crippen molar-refractivity contribution >= 4 is 6.03 Å². The molecule has 0 aromatic heterocycles. The lowest BCUT2D eigenvalue weighted by Crippen LogP contribution is -2.42. The third-order valence-corrected chi connectivity index (χ3v) is 2.28. The number of hydrogen-bond acceptors (Lipinski definition) is 1. The third kappa shape index (κ3) is 1.55. The Morgan fingerprint density at radius 3 is 2.00 bits per heavy atom. The molecular weight excluding hydrogens is 164 g/mol. The van der Waals surface area contributed by atoms with Crippen LogP contribution in [0.4, 0.5) is 4.79 Å². The summed E-state index contributed by atoms with van der Waals surface area (Å²) < 4.78 is 0. The minimum atomic E-state index is -0.315. The zero-order valence-corrected chi connectivity index (χ0v) is 9.06. The number of carbonyl (C=O) groups is 1. The first-order chi connectivity index (χ1) is 5.66. The number of nitrogens with one attached hydrogen (secondary N) is 1. The van der Waals surface area contributed by atoms with Gasteiger partial charge in [-0.2, -0.15) is 0 Å². The molecular formula is C10H18N2O. The maximum absolute atomic E-state index is 11.6. The zero-order valence-electron chi connectivity index (χ0n) is 9.06. The molecule has 0 spiro atoms. The first-order valence-electron chi connectivity index (χ1n) is 4.48. The summed E-state index contributed by atoms with van der Waals surface area (Å²) in [7, 11) is 0. The largest absolute Gasteiger partial charge is 0.327 e. The second-order valence-electron chi connectivity index (χ2n) is 5.01. The van der Waals surface area contributed by atoms with E-state index in [0.29, 0.717) is 0 Å². The Balaban J connectivity index is 3.03. The van der Waals surface area contributed by atoms with Crippen LogP contribution in [-0.2, 0) is 0 Å². The minimum Gasteiger partial charge on any atom is -0.327 e. The van der Waals surface area contributed by atoms with Gasteiger partial charge in [0.15, 0.2) is 0 Å². The average Bonchev–Trinajstić information content (AvgIpc) is 1.99. The van der Waals surface area contributed by atoms with E-state index in [1.54, 1.807) is 4.90 Å². The quantitative estimate of drug-likeness (QED) is 0.611. The van der Waals surface area contributed by atoms with Gasteiger partial charge in [-0.05, 0) is 34.6 Å². The van der Waals surface area contributed by atoms with Crippen molar-refractivity contribution in [3.63, 3.8) is 0 Å². The van der Waals surface area contributed by atoms with Gasteiger partial charge in [-0.1, -0.05) is 6.58 Å². The molecule has 0 aromatic rings. The Morgan fingerprint density at radius 1 is 1.38 bits per heavy atom. The number of carbonyl (C=O) groups excluding carboxylic acids is 1. The highest BCUT2D eigenvalue weighted by Crippen LogP contribution is 2.31. The van der Waals surface area contributed by atoms with E-state index in [4.69, 9.17) is 0 Å². The highest BCUT2D eigenvalue weighted by molar-refractivity contribution is 5.82. The molecule has 0 radical (unpaired) electrons. The molecule has 1 fully saturated rings. The molecule has 1 heterocycles. The summed E-state index contributed by atoms with van der Waals surface area (Å²) in [4.78, 5) is 13.3. The zero-order chi connectivity index (χ0) is 10.4. The van der Waals surface area contributed by atoms with Gasteiger partial charge in [0.05, 0.1) is 5.54 Å². The lowest BCUT2D eigenvalue weighted by atomic mass is 9.99. The Labute approximate surface area is 79.8 Å². The molecule has 1 aliphatic rings. The van der Waals surface area contributed by atoms with Gasteiger partial charge in [0.25, 0.3) is 0 Å². The summed E-state index contributed by atoms with van der Waals surface area (Å²) in [5.41, 5.74) is 0.323. The number of hydrogen-bond donors (Lipinski definition) is 1. The molecule has 0 aliphatic carbocycles. The maximum atomic E-state index is 11.6. The Morgan fingerprint density at radius 2 is 1.85 bits per heavy atom. The Kier molecular flexibility index (Phi) is 1.94. The molecule has 1 saturated heterocycles. The highest BCUT2D eigenvalue weighted by atomic mass is 16.2. The number of urea groups is 1. The monoisotopic (exact) mass is 182 g/mol. The summed E-state index contributed by atoms with van der Waals surface area (Å²) in [5, 5.41) is 2.89. The predicted molar refractivity (Wildman–Crippen MR) is 53.3 cm³/mol. The maximum Gasteiger partial charge on any atom is 0.322 e. The Bertz CT molecular complexity index is 261. The third-order valence-electron chi connectivity index (χ3n) is 2.28. The summed E-state index contributed by atoms with van der Waals surface area (Å²) in [6.45, 7) is 13.9. The Hall–Kier alpha value is -0.990. The smallest absolute Gasteiger partial charge is 0.322 e. The summed E-state index contributed by atoms with van der Waals surface area (Å²) in [6.07, 6.45) is 0. The number of rotatable bonds is 0. The molecule has 0 bridgehead atoms. The first kappa shape index (κ1) is 10.1. The van der Waals surface area contributed by atoms with Crippen LogP contribution >= 0.6 is 0 Å². The summed E-state index contributed by atoms with van der Waals surface area (Å²) in [5.74, 6) is 0. The van der Waals surface area contributed by atoms with Gasteiger partial charge >= 0.3 is 6.03 Å². The van der Waals surface area contributed by atoms with Gasteiger partial charge in [-0.15, -0.1) is 0 Å². The van der Waals surface area contributed by atoms with E-state index in [-0.39, 0.29) is 17.1 Å². The second kappa shape index (κ2) is 2.50. The molecule has 1 rings (SSSR count). The number of nitrogens with zero attached hydrogens (tertiary/aromatic N) is 1. The van der Waals surface area contributed by atoms with Crippen molar-refractivity contribution in [3.8, 4) is 0 Å². The van der Waals surface area contributed by atoms with E-state index in [2.05, 4.69) is 11.9 Å². The van der Waals surface area contributed by atoms with Crippen LogP contribution in [0.1, 0.15) is 34.6 Å². The van der Waals surface area contributed by atoms with Crippen LogP contribution in [0.15, 0.2) is 12.3 Å². The molecule has 1 N–H and O–H groups in total. The fraction of sp³-hybridized carbons (Fsp3) is 0.700. The van der Waals surface area contributed by atoms with Crippen molar-refractivity contribution in [2.45, 2.75) is 45.7 Å². The molecule has 0 aromatic carbocycles. The lowest BCUT2D eigenvalue weighted by Gasteiger charge is -2.33. The summed E-state index contributed by atoms with van der Waals surface area (Å²) in [6, 6.07) is -0.0532. The van der Waals surface area contributed by atoms with E-state index < -0.39 is 0 Å². The molecule has 3 nitrogen and oxygen atoms in total. The molecule has 0 atom stereocenters. The molecule has 1 aliphatic heterocycles. The van der Waals surface area contributed by atoms with E-state index in [1.807, 2.05) is 34.6 Å². The van der Waals surface area contributed by atoms with Crippen LogP contribution < -0.4 is 5.32 Å². The van der Waals surface area contributed by atoms with Crippen LogP contribution in [0.3, 0.4) is 0 Å². The van der Waals surface area contributed by atoms with E-state index >= 15 is 0 Å². The van der Waals surface area contributed by atoms with E-state index in [0.717, 1.165) is 5.70 Å². The molecule has 0 unspecified atom stereocenters. The molecule has 3 heteroatoms. The lowest BCUT2D eigenvalue weighted by molar-refractivity contribution is 0.187. The van der Waals surface area contributed by atoms with Gasteiger partial charge in [-0.25, -0.2) is 4.79 Å². The van der Waals surface area contributed by atoms with E-state index in [9.17, 15) is 4.79 Å². The fourth-order valence-electron chi connectivity index (χ4n) is 1.51. The minimum absolute atomic E-state index is 0.0532. The first-order valence-corrected chi connectivity index (χ1v) is 4.48. The molecule has 0 saturated carbocycles. The van der Waals surface area contributed by atoms with Crippen molar-refractivity contribution < 1.29 is 4.79 Å². The van der Waals surface area contributed by atoms with Crippen LogP contribution in [0, 0.1) is 0 Å². The van der Waals surface area contributed by atoms with E-state index in [1.165, 1.54) is 0 Å². The summed E-state index contributed by atoms with van der Waals surface area (Å²) >= 11 is 0. The molecule has 13 heavy (non-hydrogen) atoms. The normalized spacial score (nSPS) is 22.1. The highest BCUT2D eigenvalue weighted by Gasteiger charge is 2.43. The molecule has 74 valence electrons. The van der Waals surface area contributed by atoms with Gasteiger partial charge < -0.3 is 5.32 Å². The van der Waals surface area contributed by atoms with Gasteiger partial charge in [0.2, 0.25) is 0 Å². The van der Waals surface area contributed by atoms with Crippen LogP contribution in [0.5, 0.6) is 0 Å². The van der Waals surface area contributed by atoms with Crippen LogP contribution in [0.2, 0.25) is 0 Å². The second-order valence-corrected chi connectivity index (χ2v) is 5.01. The van der Waals surface area contributed by atoms with Gasteiger partial charge in [0, 0.05) is 11.2 Å². The SMILES string of the molecule is C=C1N(C(C)(C)C)C(=O)NC1(C)C. The topological polar surface area (TPSA) is 32.3 Å². The molecule has 2 amide bonds.